The number of ether oxygens (including phenoxy) is 1. The summed E-state index contributed by atoms with van der Waals surface area (Å²) in [4.78, 5) is 11.2. The first-order valence-corrected chi connectivity index (χ1v) is 4.42. The van der Waals surface area contributed by atoms with E-state index in [0.29, 0.717) is 5.70 Å². The fraction of sp³-hybridized carbons (Fsp3) is 0.700. The molecule has 76 valence electrons. The molecule has 2 N–H and O–H groups in total. The lowest BCUT2D eigenvalue weighted by Gasteiger charge is -2.18. The molecule has 0 spiro atoms. The van der Waals surface area contributed by atoms with Gasteiger partial charge in [0.25, 0.3) is 0 Å². The van der Waals surface area contributed by atoms with Crippen LogP contribution in [0.2, 0.25) is 0 Å². The number of carbonyl (C=O) groups is 1. The van der Waals surface area contributed by atoms with Crippen molar-refractivity contribution in [1.82, 2.24) is 0 Å². The van der Waals surface area contributed by atoms with E-state index in [1.54, 1.807) is 0 Å². The van der Waals surface area contributed by atoms with Crippen molar-refractivity contribution in [3.8, 4) is 0 Å². The summed E-state index contributed by atoms with van der Waals surface area (Å²) in [5.74, 6) is -0.203. The Kier molecular flexibility index (Phi) is 3.98. The Hall–Kier alpha value is -0.990. The topological polar surface area (TPSA) is 52.3 Å². The summed E-state index contributed by atoms with van der Waals surface area (Å²) in [5.41, 5.74) is 5.69. The molecule has 0 fully saturated rings. The molecule has 0 aliphatic rings. The molecule has 0 aromatic carbocycles. The molecule has 3 heteroatoms. The van der Waals surface area contributed by atoms with Crippen LogP contribution >= 0.6 is 0 Å². The van der Waals surface area contributed by atoms with Gasteiger partial charge in [0.15, 0.2) is 0 Å². The largest absolute Gasteiger partial charge is 0.457 e. The third-order valence-corrected chi connectivity index (χ3v) is 1.36. The minimum absolute atomic E-state index is 0.174. The zero-order chi connectivity index (χ0) is 10.6. The maximum absolute atomic E-state index is 11.2. The molecule has 0 atom stereocenters. The molecule has 0 aromatic heterocycles. The monoisotopic (exact) mass is 185 g/mol. The van der Waals surface area contributed by atoms with Crippen molar-refractivity contribution >= 4 is 5.97 Å². The predicted molar refractivity (Wildman–Crippen MR) is 53.0 cm³/mol. The zero-order valence-corrected chi connectivity index (χ0v) is 9.05. The maximum atomic E-state index is 11.2. The van der Waals surface area contributed by atoms with Gasteiger partial charge in [0.05, 0.1) is 0 Å². The van der Waals surface area contributed by atoms with Gasteiger partial charge in [0.1, 0.15) is 5.60 Å². The van der Waals surface area contributed by atoms with Crippen molar-refractivity contribution in [2.45, 2.75) is 40.2 Å². The van der Waals surface area contributed by atoms with E-state index in [4.69, 9.17) is 10.5 Å². The number of carbonyl (C=O) groups excluding carboxylic acids is 1. The normalized spacial score (nSPS) is 13.2. The Balaban J connectivity index is 4.24. The number of esters is 1. The summed E-state index contributed by atoms with van der Waals surface area (Å²) in [7, 11) is 0. The van der Waals surface area contributed by atoms with Crippen molar-refractivity contribution in [2.75, 3.05) is 0 Å². The first-order chi connectivity index (χ1) is 5.72. The fourth-order valence-electron chi connectivity index (χ4n) is 0.634. The zero-order valence-electron chi connectivity index (χ0n) is 9.05. The molecule has 0 heterocycles. The highest BCUT2D eigenvalue weighted by Crippen LogP contribution is 2.09. The lowest BCUT2D eigenvalue weighted by atomic mass is 10.1. The van der Waals surface area contributed by atoms with E-state index in [1.165, 1.54) is 6.08 Å². The first kappa shape index (κ1) is 12.0. The van der Waals surface area contributed by atoms with Gasteiger partial charge in [0, 0.05) is 11.8 Å². The summed E-state index contributed by atoms with van der Waals surface area (Å²) in [5, 5.41) is 0. The van der Waals surface area contributed by atoms with Crippen LogP contribution in [0, 0.1) is 5.92 Å². The highest BCUT2D eigenvalue weighted by Gasteiger charge is 2.14. The van der Waals surface area contributed by atoms with Gasteiger partial charge in [-0.25, -0.2) is 4.79 Å². The highest BCUT2D eigenvalue weighted by molar-refractivity contribution is 5.83. The van der Waals surface area contributed by atoms with E-state index in [0.717, 1.165) is 0 Å². The average molecular weight is 185 g/mol. The number of allylic oxidation sites excluding steroid dienone is 1. The van der Waals surface area contributed by atoms with Crippen LogP contribution in [-0.4, -0.2) is 11.6 Å². The van der Waals surface area contributed by atoms with Crippen molar-refractivity contribution in [3.63, 3.8) is 0 Å². The van der Waals surface area contributed by atoms with Gasteiger partial charge in [-0.05, 0) is 26.7 Å². The molecule has 0 saturated heterocycles. The standard InChI is InChI=1S/C10H19NO2/c1-7(2)8(11)6-9(12)13-10(3,4)5/h6-7H,11H2,1-5H3/b8-6-. The van der Waals surface area contributed by atoms with Crippen LogP contribution in [0.15, 0.2) is 11.8 Å². The molecule has 0 amide bonds. The van der Waals surface area contributed by atoms with Gasteiger partial charge in [0.2, 0.25) is 0 Å². The van der Waals surface area contributed by atoms with Gasteiger partial charge in [-0.3, -0.25) is 0 Å². The third kappa shape index (κ3) is 6.20. The van der Waals surface area contributed by atoms with Gasteiger partial charge in [-0.1, -0.05) is 13.8 Å². The van der Waals surface area contributed by atoms with Gasteiger partial charge >= 0.3 is 5.97 Å². The molecule has 0 saturated carbocycles. The van der Waals surface area contributed by atoms with Gasteiger partial charge < -0.3 is 10.5 Å². The van der Waals surface area contributed by atoms with Crippen LogP contribution in [0.25, 0.3) is 0 Å². The second-order valence-corrected chi connectivity index (χ2v) is 4.33. The van der Waals surface area contributed by atoms with Crippen LogP contribution in [0.1, 0.15) is 34.6 Å². The van der Waals surface area contributed by atoms with Crippen LogP contribution in [0.5, 0.6) is 0 Å². The first-order valence-electron chi connectivity index (χ1n) is 4.42. The second kappa shape index (κ2) is 4.30. The molecule has 0 bridgehead atoms. The number of nitrogens with two attached hydrogens (primary N) is 1. The molecule has 13 heavy (non-hydrogen) atoms. The molecular formula is C10H19NO2. The van der Waals surface area contributed by atoms with E-state index in [9.17, 15) is 4.79 Å². The predicted octanol–water partition coefficient (Wildman–Crippen LogP) is 1.83. The Labute approximate surface area is 79.9 Å². The van der Waals surface area contributed by atoms with E-state index < -0.39 is 5.60 Å². The van der Waals surface area contributed by atoms with E-state index in [2.05, 4.69) is 0 Å². The molecule has 0 radical (unpaired) electrons. The molecule has 0 rings (SSSR count). The van der Waals surface area contributed by atoms with Gasteiger partial charge in [-0.2, -0.15) is 0 Å². The third-order valence-electron chi connectivity index (χ3n) is 1.36. The smallest absolute Gasteiger partial charge is 0.333 e. The fourth-order valence-corrected chi connectivity index (χ4v) is 0.634. The Morgan fingerprint density at radius 3 is 2.15 bits per heavy atom. The summed E-state index contributed by atoms with van der Waals surface area (Å²) in [6.45, 7) is 9.32. The number of hydrogen-bond donors (Lipinski definition) is 1. The minimum atomic E-state index is -0.454. The SMILES string of the molecule is CC(C)/C(N)=C/C(=O)OC(C)(C)C. The number of hydrogen-bond acceptors (Lipinski definition) is 3. The Bertz CT molecular complexity index is 211. The molecule has 0 aliphatic carbocycles. The quantitative estimate of drug-likeness (QED) is 0.527. The maximum Gasteiger partial charge on any atom is 0.333 e. The van der Waals surface area contributed by atoms with Crippen molar-refractivity contribution in [2.24, 2.45) is 11.7 Å². The van der Waals surface area contributed by atoms with Crippen LogP contribution in [0.4, 0.5) is 0 Å². The Morgan fingerprint density at radius 1 is 1.38 bits per heavy atom. The molecule has 0 unspecified atom stereocenters. The summed E-state index contributed by atoms with van der Waals surface area (Å²) in [6, 6.07) is 0. The number of rotatable bonds is 2. The summed E-state index contributed by atoms with van der Waals surface area (Å²) >= 11 is 0. The highest BCUT2D eigenvalue weighted by atomic mass is 16.6. The van der Waals surface area contributed by atoms with Crippen molar-refractivity contribution in [1.29, 1.82) is 0 Å². The van der Waals surface area contributed by atoms with Gasteiger partial charge in [-0.15, -0.1) is 0 Å². The van der Waals surface area contributed by atoms with E-state index in [-0.39, 0.29) is 11.9 Å². The van der Waals surface area contributed by atoms with Crippen molar-refractivity contribution < 1.29 is 9.53 Å². The van der Waals surface area contributed by atoms with E-state index in [1.807, 2.05) is 34.6 Å². The van der Waals surface area contributed by atoms with Crippen molar-refractivity contribution in [3.05, 3.63) is 11.8 Å². The Morgan fingerprint density at radius 2 is 1.85 bits per heavy atom. The van der Waals surface area contributed by atoms with Crippen LogP contribution < -0.4 is 5.73 Å². The molecular weight excluding hydrogens is 166 g/mol. The van der Waals surface area contributed by atoms with E-state index >= 15 is 0 Å². The molecule has 0 aromatic rings. The summed E-state index contributed by atoms with van der Waals surface area (Å²) < 4.78 is 5.06. The summed E-state index contributed by atoms with van der Waals surface area (Å²) in [6.07, 6.45) is 1.34. The van der Waals surface area contributed by atoms with Crippen LogP contribution in [-0.2, 0) is 9.53 Å². The lowest BCUT2D eigenvalue weighted by molar-refractivity contribution is -0.148. The molecule has 0 aliphatic heterocycles. The average Bonchev–Trinajstić information content (AvgIpc) is 1.81. The van der Waals surface area contributed by atoms with Crippen LogP contribution in [0.3, 0.4) is 0 Å². The lowest BCUT2D eigenvalue weighted by Crippen LogP contribution is -2.23. The minimum Gasteiger partial charge on any atom is -0.457 e. The molecule has 3 nitrogen and oxygen atoms in total. The second-order valence-electron chi connectivity index (χ2n) is 4.33.